The molecular weight excluding hydrogens is 467 g/mol. The summed E-state index contributed by atoms with van der Waals surface area (Å²) in [5.41, 5.74) is 2.48. The molecule has 0 aliphatic carbocycles. The van der Waals surface area contributed by atoms with Crippen LogP contribution in [0, 0.1) is 5.92 Å². The molecule has 7 heteroatoms. The first kappa shape index (κ1) is 24.5. The number of nitrogens with zero attached hydrogens (tertiary/aromatic N) is 3. The highest BCUT2D eigenvalue weighted by molar-refractivity contribution is 14.0. The van der Waals surface area contributed by atoms with Gasteiger partial charge in [-0.2, -0.15) is 0 Å². The van der Waals surface area contributed by atoms with Crippen LogP contribution in [0.1, 0.15) is 32.3 Å². The summed E-state index contributed by atoms with van der Waals surface area (Å²) in [6.07, 6.45) is 2.78. The van der Waals surface area contributed by atoms with Gasteiger partial charge in [0.15, 0.2) is 5.96 Å². The molecule has 2 rings (SSSR count). The summed E-state index contributed by atoms with van der Waals surface area (Å²) in [7, 11) is 4.09. The summed E-state index contributed by atoms with van der Waals surface area (Å²) in [6, 6.07) is 8.60. The van der Waals surface area contributed by atoms with Crippen LogP contribution in [0.4, 0.5) is 5.69 Å². The van der Waals surface area contributed by atoms with Gasteiger partial charge in [0.05, 0.1) is 12.5 Å². The Labute approximate surface area is 186 Å². The molecule has 0 spiro atoms. The van der Waals surface area contributed by atoms with Crippen molar-refractivity contribution in [3.63, 3.8) is 0 Å². The maximum Gasteiger partial charge on any atom is 0.310 e. The smallest absolute Gasteiger partial charge is 0.310 e. The van der Waals surface area contributed by atoms with Crippen LogP contribution >= 0.6 is 24.0 Å². The molecule has 158 valence electrons. The highest BCUT2D eigenvalue weighted by Crippen LogP contribution is 2.18. The number of anilines is 1. The third kappa shape index (κ3) is 7.48. The molecule has 0 radical (unpaired) electrons. The largest absolute Gasteiger partial charge is 0.466 e. The SMILES string of the molecule is CCNC(=NCCc1ccc(N(C)C)cc1)N1CCC[C@H](C(=O)OCC)C1.I. The van der Waals surface area contributed by atoms with Gasteiger partial charge in [-0.1, -0.05) is 12.1 Å². The molecular formula is C21H35IN4O2. The van der Waals surface area contributed by atoms with E-state index in [4.69, 9.17) is 9.73 Å². The van der Waals surface area contributed by atoms with Gasteiger partial charge in [0, 0.05) is 46.0 Å². The minimum Gasteiger partial charge on any atom is -0.466 e. The molecule has 0 bridgehead atoms. The van der Waals surface area contributed by atoms with Crippen molar-refractivity contribution in [1.82, 2.24) is 10.2 Å². The van der Waals surface area contributed by atoms with Gasteiger partial charge in [0.2, 0.25) is 0 Å². The first-order chi connectivity index (χ1) is 13.0. The molecule has 1 heterocycles. The second-order valence-electron chi connectivity index (χ2n) is 7.08. The Morgan fingerprint density at radius 2 is 2.00 bits per heavy atom. The van der Waals surface area contributed by atoms with Crippen molar-refractivity contribution >= 4 is 41.6 Å². The fraction of sp³-hybridized carbons (Fsp3) is 0.619. The molecule has 6 nitrogen and oxygen atoms in total. The van der Waals surface area contributed by atoms with Gasteiger partial charge < -0.3 is 19.9 Å². The molecule has 0 unspecified atom stereocenters. The summed E-state index contributed by atoms with van der Waals surface area (Å²) in [4.78, 5) is 21.2. The quantitative estimate of drug-likeness (QED) is 0.269. The predicted molar refractivity (Wildman–Crippen MR) is 127 cm³/mol. The fourth-order valence-electron chi connectivity index (χ4n) is 3.30. The number of ether oxygens (including phenoxy) is 1. The first-order valence-corrected chi connectivity index (χ1v) is 10.0. The van der Waals surface area contributed by atoms with E-state index < -0.39 is 0 Å². The van der Waals surface area contributed by atoms with Crippen molar-refractivity contribution in [2.45, 2.75) is 33.1 Å². The second-order valence-corrected chi connectivity index (χ2v) is 7.08. The number of aliphatic imine (C=N–C) groups is 1. The molecule has 0 amide bonds. The zero-order valence-electron chi connectivity index (χ0n) is 17.6. The number of nitrogens with one attached hydrogen (secondary N) is 1. The lowest BCUT2D eigenvalue weighted by Crippen LogP contribution is -2.48. The Kier molecular flexibility index (Phi) is 11.3. The number of carbonyl (C=O) groups excluding carboxylic acids is 1. The van der Waals surface area contributed by atoms with E-state index in [9.17, 15) is 4.79 Å². The van der Waals surface area contributed by atoms with E-state index in [0.717, 1.165) is 44.9 Å². The zero-order valence-corrected chi connectivity index (χ0v) is 19.9. The van der Waals surface area contributed by atoms with Gasteiger partial charge in [-0.15, -0.1) is 24.0 Å². The van der Waals surface area contributed by atoms with E-state index in [-0.39, 0.29) is 35.9 Å². The van der Waals surface area contributed by atoms with Gasteiger partial charge in [-0.3, -0.25) is 9.79 Å². The summed E-state index contributed by atoms with van der Waals surface area (Å²) in [5.74, 6) is 0.761. The predicted octanol–water partition coefficient (Wildman–Crippen LogP) is 3.15. The van der Waals surface area contributed by atoms with Crippen molar-refractivity contribution in [3.05, 3.63) is 29.8 Å². The van der Waals surface area contributed by atoms with E-state index in [0.29, 0.717) is 13.2 Å². The Balaban J connectivity index is 0.00000392. The number of piperidine rings is 1. The first-order valence-electron chi connectivity index (χ1n) is 10.0. The van der Waals surface area contributed by atoms with Crippen LogP contribution in [0.25, 0.3) is 0 Å². The van der Waals surface area contributed by atoms with E-state index >= 15 is 0 Å². The third-order valence-corrected chi connectivity index (χ3v) is 4.79. The van der Waals surface area contributed by atoms with Crippen LogP contribution in [-0.2, 0) is 16.0 Å². The van der Waals surface area contributed by atoms with E-state index in [1.165, 1.54) is 11.3 Å². The number of carbonyl (C=O) groups is 1. The average Bonchev–Trinajstić information content (AvgIpc) is 2.68. The lowest BCUT2D eigenvalue weighted by molar-refractivity contribution is -0.149. The molecule has 1 atom stereocenters. The van der Waals surface area contributed by atoms with Gasteiger partial charge in [0.25, 0.3) is 0 Å². The number of esters is 1. The summed E-state index contributed by atoms with van der Waals surface area (Å²) in [5, 5.41) is 3.37. The molecule has 1 N–H and O–H groups in total. The maximum atomic E-state index is 12.1. The molecule has 1 aliphatic heterocycles. The van der Waals surface area contributed by atoms with Crippen molar-refractivity contribution in [3.8, 4) is 0 Å². The van der Waals surface area contributed by atoms with E-state index in [1.54, 1.807) is 0 Å². The highest BCUT2D eigenvalue weighted by Gasteiger charge is 2.28. The van der Waals surface area contributed by atoms with E-state index in [2.05, 4.69) is 46.3 Å². The van der Waals surface area contributed by atoms with Gasteiger partial charge in [0.1, 0.15) is 0 Å². The van der Waals surface area contributed by atoms with Crippen molar-refractivity contribution in [2.24, 2.45) is 10.9 Å². The van der Waals surface area contributed by atoms with Crippen molar-refractivity contribution in [1.29, 1.82) is 0 Å². The Morgan fingerprint density at radius 1 is 1.29 bits per heavy atom. The van der Waals surface area contributed by atoms with Gasteiger partial charge in [-0.05, 0) is 50.8 Å². The Hall–Kier alpha value is -1.51. The van der Waals surface area contributed by atoms with Crippen LogP contribution in [0.15, 0.2) is 29.3 Å². The van der Waals surface area contributed by atoms with Crippen molar-refractivity contribution in [2.75, 3.05) is 51.8 Å². The molecule has 0 saturated carbocycles. The lowest BCUT2D eigenvalue weighted by atomic mass is 9.98. The molecule has 28 heavy (non-hydrogen) atoms. The van der Waals surface area contributed by atoms with Crippen LogP contribution < -0.4 is 10.2 Å². The number of hydrogen-bond donors (Lipinski definition) is 1. The molecule has 1 fully saturated rings. The topological polar surface area (TPSA) is 57.2 Å². The fourth-order valence-corrected chi connectivity index (χ4v) is 3.30. The van der Waals surface area contributed by atoms with Gasteiger partial charge >= 0.3 is 5.97 Å². The monoisotopic (exact) mass is 502 g/mol. The number of rotatable bonds is 7. The average molecular weight is 502 g/mol. The Morgan fingerprint density at radius 3 is 2.61 bits per heavy atom. The van der Waals surface area contributed by atoms with Crippen LogP contribution in [0.2, 0.25) is 0 Å². The zero-order chi connectivity index (χ0) is 19.6. The summed E-state index contributed by atoms with van der Waals surface area (Å²) < 4.78 is 5.21. The normalized spacial score (nSPS) is 16.9. The van der Waals surface area contributed by atoms with E-state index in [1.807, 2.05) is 21.0 Å². The minimum absolute atomic E-state index is 0. The molecule has 1 aromatic rings. The third-order valence-electron chi connectivity index (χ3n) is 4.79. The summed E-state index contributed by atoms with van der Waals surface area (Å²) in [6.45, 7) is 7.52. The minimum atomic E-state index is -0.0842. The lowest BCUT2D eigenvalue weighted by Gasteiger charge is -2.34. The number of likely N-dealkylation sites (tertiary alicyclic amines) is 1. The van der Waals surface area contributed by atoms with Gasteiger partial charge in [-0.25, -0.2) is 0 Å². The number of hydrogen-bond acceptors (Lipinski definition) is 4. The summed E-state index contributed by atoms with van der Waals surface area (Å²) >= 11 is 0. The van der Waals surface area contributed by atoms with Crippen LogP contribution in [-0.4, -0.2) is 63.7 Å². The molecule has 1 aromatic carbocycles. The molecule has 1 saturated heterocycles. The number of benzene rings is 1. The maximum absolute atomic E-state index is 12.1. The van der Waals surface area contributed by atoms with Crippen molar-refractivity contribution < 1.29 is 9.53 Å². The Bertz CT molecular complexity index is 619. The molecule has 0 aromatic heterocycles. The number of guanidine groups is 1. The standard InChI is InChI=1S/C21H34N4O2.HI/c1-5-22-21(25-15-7-8-18(16-25)20(26)27-6-2)23-14-13-17-9-11-19(12-10-17)24(3)4;/h9-12,18H,5-8,13-16H2,1-4H3,(H,22,23);1H/t18-;/m0./s1. The second kappa shape index (κ2) is 12.9. The van der Waals surface area contributed by atoms with Crippen LogP contribution in [0.5, 0.6) is 0 Å². The number of halogens is 1. The highest BCUT2D eigenvalue weighted by atomic mass is 127. The van der Waals surface area contributed by atoms with Crippen LogP contribution in [0.3, 0.4) is 0 Å². The molecule has 1 aliphatic rings.